The van der Waals surface area contributed by atoms with Crippen molar-refractivity contribution in [2.45, 2.75) is 44.1 Å². The molecular weight excluding hydrogens is 377 g/mol. The van der Waals surface area contributed by atoms with Crippen molar-refractivity contribution in [3.8, 4) is 5.69 Å². The van der Waals surface area contributed by atoms with Crippen LogP contribution >= 0.6 is 11.8 Å². The molecule has 0 aliphatic rings. The summed E-state index contributed by atoms with van der Waals surface area (Å²) in [6.45, 7) is 7.74. The van der Waals surface area contributed by atoms with Gasteiger partial charge in [-0.1, -0.05) is 30.0 Å². The van der Waals surface area contributed by atoms with Crippen LogP contribution in [0.25, 0.3) is 5.69 Å². The smallest absolute Gasteiger partial charge is 0.233 e. The van der Waals surface area contributed by atoms with E-state index in [0.29, 0.717) is 5.16 Å². The third-order valence-corrected chi connectivity index (χ3v) is 5.59. The van der Waals surface area contributed by atoms with Gasteiger partial charge in [0, 0.05) is 0 Å². The molecule has 0 fully saturated rings. The summed E-state index contributed by atoms with van der Waals surface area (Å²) in [6, 6.07) is 11.8. The number of amides is 1. The van der Waals surface area contributed by atoms with Crippen LogP contribution in [0.2, 0.25) is 0 Å². The Morgan fingerprint density at radius 2 is 1.82 bits per heavy atom. The Morgan fingerprint density at radius 1 is 1.11 bits per heavy atom. The van der Waals surface area contributed by atoms with Gasteiger partial charge in [-0.2, -0.15) is 4.68 Å². The fraction of sp³-hybridized carbons (Fsp3) is 0.300. The summed E-state index contributed by atoms with van der Waals surface area (Å²) < 4.78 is 14.7. The zero-order valence-corrected chi connectivity index (χ0v) is 17.0. The molecule has 28 heavy (non-hydrogen) atoms. The minimum atomic E-state index is -0.404. The molecule has 0 saturated heterocycles. The van der Waals surface area contributed by atoms with E-state index >= 15 is 0 Å². The van der Waals surface area contributed by atoms with Crippen molar-refractivity contribution in [3.63, 3.8) is 0 Å². The lowest BCUT2D eigenvalue weighted by molar-refractivity contribution is -0.120. The van der Waals surface area contributed by atoms with Gasteiger partial charge in [-0.25, -0.2) is 4.39 Å². The average molecular weight is 399 g/mol. The second-order valence-electron chi connectivity index (χ2n) is 6.68. The van der Waals surface area contributed by atoms with E-state index in [2.05, 4.69) is 20.8 Å². The Morgan fingerprint density at radius 3 is 2.50 bits per heavy atom. The molecule has 2 atom stereocenters. The maximum absolute atomic E-state index is 13.1. The number of carbonyl (C=O) groups is 1. The number of benzene rings is 2. The summed E-state index contributed by atoms with van der Waals surface area (Å²) in [7, 11) is 0. The summed E-state index contributed by atoms with van der Waals surface area (Å²) in [4.78, 5) is 12.6. The van der Waals surface area contributed by atoms with Crippen molar-refractivity contribution in [2.75, 3.05) is 0 Å². The number of nitrogens with zero attached hydrogens (tertiary/aromatic N) is 4. The third kappa shape index (κ3) is 4.56. The average Bonchev–Trinajstić information content (AvgIpc) is 3.12. The molecule has 0 radical (unpaired) electrons. The number of halogens is 1. The molecule has 0 saturated carbocycles. The lowest BCUT2D eigenvalue weighted by Crippen LogP contribution is -2.33. The summed E-state index contributed by atoms with van der Waals surface area (Å²) in [5, 5.41) is 14.9. The summed E-state index contributed by atoms with van der Waals surface area (Å²) in [6.07, 6.45) is 0. The van der Waals surface area contributed by atoms with Crippen LogP contribution in [0, 0.1) is 19.7 Å². The van der Waals surface area contributed by atoms with Gasteiger partial charge in [0.2, 0.25) is 11.1 Å². The molecule has 1 heterocycles. The molecule has 2 aromatic carbocycles. The number of hydrogen-bond acceptors (Lipinski definition) is 5. The van der Waals surface area contributed by atoms with Crippen molar-refractivity contribution in [3.05, 3.63) is 65.0 Å². The Kier molecular flexibility index (Phi) is 6.08. The number of tetrazole rings is 1. The SMILES string of the molecule is Cc1ccc(-n2nnnc2SC(C)C(=O)NC(C)c2ccc(F)cc2)cc1C. The fourth-order valence-corrected chi connectivity index (χ4v) is 3.47. The maximum atomic E-state index is 13.1. The van der Waals surface area contributed by atoms with Crippen LogP contribution in [-0.4, -0.2) is 31.4 Å². The summed E-state index contributed by atoms with van der Waals surface area (Å²) in [5.41, 5.74) is 4.02. The number of aryl methyl sites for hydroxylation is 2. The topological polar surface area (TPSA) is 72.7 Å². The molecule has 2 unspecified atom stereocenters. The normalized spacial score (nSPS) is 13.2. The van der Waals surface area contributed by atoms with E-state index < -0.39 is 5.25 Å². The maximum Gasteiger partial charge on any atom is 0.233 e. The lowest BCUT2D eigenvalue weighted by Gasteiger charge is -2.17. The van der Waals surface area contributed by atoms with Crippen LogP contribution in [0.3, 0.4) is 0 Å². The quantitative estimate of drug-likeness (QED) is 0.639. The Bertz CT molecular complexity index is 973. The Labute approximate surface area is 167 Å². The van der Waals surface area contributed by atoms with E-state index in [1.54, 1.807) is 23.7 Å². The predicted octanol–water partition coefficient (Wildman–Crippen LogP) is 3.78. The van der Waals surface area contributed by atoms with Gasteiger partial charge in [0.25, 0.3) is 0 Å². The molecular formula is C20H22FN5OS. The minimum Gasteiger partial charge on any atom is -0.349 e. The van der Waals surface area contributed by atoms with Crippen molar-refractivity contribution >= 4 is 17.7 Å². The Hall–Kier alpha value is -2.74. The first kappa shape index (κ1) is 20.0. The van der Waals surface area contributed by atoms with Gasteiger partial charge < -0.3 is 5.32 Å². The molecule has 6 nitrogen and oxygen atoms in total. The molecule has 0 bridgehead atoms. The molecule has 146 valence electrons. The number of aromatic nitrogens is 4. The van der Waals surface area contributed by atoms with Crippen LogP contribution in [0.15, 0.2) is 47.6 Å². The lowest BCUT2D eigenvalue weighted by atomic mass is 10.1. The van der Waals surface area contributed by atoms with E-state index in [0.717, 1.165) is 16.8 Å². The number of hydrogen-bond donors (Lipinski definition) is 1. The van der Waals surface area contributed by atoms with E-state index in [9.17, 15) is 9.18 Å². The van der Waals surface area contributed by atoms with Gasteiger partial charge in [-0.05, 0) is 79.1 Å². The standard InChI is InChI=1S/C20H22FN5OS/c1-12-5-10-18(11-13(12)2)26-20(23-24-25-26)28-15(4)19(27)22-14(3)16-6-8-17(21)9-7-16/h5-11,14-15H,1-4H3,(H,22,27). The zero-order chi connectivity index (χ0) is 20.3. The molecule has 3 rings (SSSR count). The first-order chi connectivity index (χ1) is 13.3. The Balaban J connectivity index is 1.68. The van der Waals surface area contributed by atoms with Gasteiger partial charge in [0.15, 0.2) is 0 Å². The van der Waals surface area contributed by atoms with Crippen LogP contribution in [-0.2, 0) is 4.79 Å². The molecule has 1 aromatic heterocycles. The first-order valence-electron chi connectivity index (χ1n) is 8.93. The zero-order valence-electron chi connectivity index (χ0n) is 16.2. The highest BCUT2D eigenvalue weighted by molar-refractivity contribution is 8.00. The van der Waals surface area contributed by atoms with Crippen LogP contribution in [0.5, 0.6) is 0 Å². The van der Waals surface area contributed by atoms with Crippen molar-refractivity contribution < 1.29 is 9.18 Å². The molecule has 0 aliphatic carbocycles. The molecule has 0 aliphatic heterocycles. The molecule has 3 aromatic rings. The number of thioether (sulfide) groups is 1. The van der Waals surface area contributed by atoms with Gasteiger partial charge in [-0.3, -0.25) is 4.79 Å². The van der Waals surface area contributed by atoms with E-state index in [-0.39, 0.29) is 17.8 Å². The molecule has 8 heteroatoms. The van der Waals surface area contributed by atoms with Crippen LogP contribution in [0.4, 0.5) is 4.39 Å². The largest absolute Gasteiger partial charge is 0.349 e. The third-order valence-electron chi connectivity index (χ3n) is 4.56. The summed E-state index contributed by atoms with van der Waals surface area (Å²) >= 11 is 1.28. The fourth-order valence-electron chi connectivity index (χ4n) is 2.65. The molecule has 1 amide bonds. The van der Waals surface area contributed by atoms with Gasteiger partial charge in [-0.15, -0.1) is 5.10 Å². The van der Waals surface area contributed by atoms with Crippen LogP contribution in [0.1, 0.15) is 36.6 Å². The minimum absolute atomic E-state index is 0.142. The number of rotatable bonds is 6. The van der Waals surface area contributed by atoms with E-state index in [4.69, 9.17) is 0 Å². The highest BCUT2D eigenvalue weighted by atomic mass is 32.2. The number of nitrogens with one attached hydrogen (secondary N) is 1. The highest BCUT2D eigenvalue weighted by Crippen LogP contribution is 2.24. The van der Waals surface area contributed by atoms with Gasteiger partial charge in [0.1, 0.15) is 5.82 Å². The van der Waals surface area contributed by atoms with Crippen molar-refractivity contribution in [2.24, 2.45) is 0 Å². The van der Waals surface area contributed by atoms with Gasteiger partial charge >= 0.3 is 0 Å². The predicted molar refractivity (Wildman–Crippen MR) is 107 cm³/mol. The second kappa shape index (κ2) is 8.52. The number of carbonyl (C=O) groups excluding carboxylic acids is 1. The molecule has 0 spiro atoms. The van der Waals surface area contributed by atoms with Crippen LogP contribution < -0.4 is 5.32 Å². The first-order valence-corrected chi connectivity index (χ1v) is 9.81. The van der Waals surface area contributed by atoms with Crippen molar-refractivity contribution in [1.82, 2.24) is 25.5 Å². The summed E-state index contributed by atoms with van der Waals surface area (Å²) in [5.74, 6) is -0.444. The van der Waals surface area contributed by atoms with Gasteiger partial charge in [0.05, 0.1) is 17.0 Å². The van der Waals surface area contributed by atoms with E-state index in [1.165, 1.54) is 29.5 Å². The van der Waals surface area contributed by atoms with E-state index in [1.807, 2.05) is 39.0 Å². The highest BCUT2D eigenvalue weighted by Gasteiger charge is 2.21. The molecule has 1 N–H and O–H groups in total. The second-order valence-corrected chi connectivity index (χ2v) is 7.99. The monoisotopic (exact) mass is 399 g/mol. The van der Waals surface area contributed by atoms with Crippen molar-refractivity contribution in [1.29, 1.82) is 0 Å².